The van der Waals surface area contributed by atoms with Crippen LogP contribution in [0.2, 0.25) is 0 Å². The molecule has 5 rings (SSSR count). The third-order valence-electron chi connectivity index (χ3n) is 9.93. The van der Waals surface area contributed by atoms with E-state index in [2.05, 4.69) is 13.0 Å². The molecule has 1 spiro atoms. The lowest BCUT2D eigenvalue weighted by Crippen LogP contribution is -2.53. The molecule has 2 heteroatoms. The van der Waals surface area contributed by atoms with Crippen molar-refractivity contribution in [3.8, 4) is 6.07 Å². The molecule has 0 aromatic carbocycles. The standard InChI is InChI=1S/C23H33NO/c1-22-10-7-17(25)14-16(22)2-3-18-20(22)8-12-23-11-6-15(9-13-24)19(23)4-5-21(18)23/h9,16-21,25H,2-8,10-12,14H2,1H3/b15-9-/t16-,17+,18?,19+,20?,21?,22-,23+/m0/s1. The fraction of sp³-hybridized carbons (Fsp3) is 0.870. The van der Waals surface area contributed by atoms with Crippen LogP contribution in [0.3, 0.4) is 0 Å². The molecule has 1 N–H and O–H groups in total. The zero-order valence-electron chi connectivity index (χ0n) is 15.7. The number of aliphatic hydroxyl groups is 1. The van der Waals surface area contributed by atoms with Crippen LogP contribution < -0.4 is 0 Å². The molecule has 0 amide bonds. The molecule has 0 bridgehead atoms. The average molecular weight is 340 g/mol. The quantitative estimate of drug-likeness (QED) is 0.614. The molecule has 0 aliphatic heterocycles. The molecule has 0 saturated heterocycles. The molecule has 5 saturated carbocycles. The minimum absolute atomic E-state index is 0.0334. The van der Waals surface area contributed by atoms with E-state index in [0.29, 0.717) is 10.8 Å². The smallest absolute Gasteiger partial charge is 0.0911 e. The molecule has 0 aromatic rings. The lowest BCUT2D eigenvalue weighted by molar-refractivity contribution is -0.126. The normalized spacial score (nSPS) is 55.8. The third-order valence-corrected chi connectivity index (χ3v) is 9.93. The third kappa shape index (κ3) is 2.11. The summed E-state index contributed by atoms with van der Waals surface area (Å²) in [5.74, 6) is 4.25. The van der Waals surface area contributed by atoms with Gasteiger partial charge in [-0.25, -0.2) is 0 Å². The number of allylic oxidation sites excluding steroid dienone is 2. The van der Waals surface area contributed by atoms with Crippen molar-refractivity contribution in [1.29, 1.82) is 5.26 Å². The van der Waals surface area contributed by atoms with Crippen LogP contribution in [-0.4, -0.2) is 11.2 Å². The van der Waals surface area contributed by atoms with E-state index in [9.17, 15) is 5.11 Å². The first-order valence-corrected chi connectivity index (χ1v) is 10.8. The fourth-order valence-electron chi connectivity index (χ4n) is 8.89. The van der Waals surface area contributed by atoms with Crippen molar-refractivity contribution in [2.24, 2.45) is 40.4 Å². The first kappa shape index (κ1) is 16.4. The van der Waals surface area contributed by atoms with Gasteiger partial charge in [-0.1, -0.05) is 12.5 Å². The van der Waals surface area contributed by atoms with Gasteiger partial charge in [0.05, 0.1) is 12.2 Å². The van der Waals surface area contributed by atoms with Crippen LogP contribution in [0, 0.1) is 51.8 Å². The van der Waals surface area contributed by atoms with Crippen molar-refractivity contribution in [3.63, 3.8) is 0 Å². The van der Waals surface area contributed by atoms with E-state index in [1.165, 1.54) is 63.4 Å². The fourth-order valence-corrected chi connectivity index (χ4v) is 8.89. The van der Waals surface area contributed by atoms with Crippen LogP contribution in [0.4, 0.5) is 0 Å². The highest BCUT2D eigenvalue weighted by Crippen LogP contribution is 2.71. The predicted octanol–water partition coefficient (Wildman–Crippen LogP) is 5.23. The van der Waals surface area contributed by atoms with Crippen molar-refractivity contribution in [3.05, 3.63) is 11.6 Å². The number of hydrogen-bond donors (Lipinski definition) is 1. The monoisotopic (exact) mass is 339 g/mol. The number of nitriles is 1. The minimum Gasteiger partial charge on any atom is -0.393 e. The number of fused-ring (bicyclic) bond motifs is 4. The zero-order chi connectivity index (χ0) is 17.2. The molecule has 25 heavy (non-hydrogen) atoms. The van der Waals surface area contributed by atoms with E-state index in [1.54, 1.807) is 0 Å². The summed E-state index contributed by atoms with van der Waals surface area (Å²) in [5.41, 5.74) is 2.54. The van der Waals surface area contributed by atoms with Crippen LogP contribution in [0.25, 0.3) is 0 Å². The molecule has 3 unspecified atom stereocenters. The van der Waals surface area contributed by atoms with Crippen LogP contribution >= 0.6 is 0 Å². The molecular formula is C23H33NO. The summed E-state index contributed by atoms with van der Waals surface area (Å²) in [4.78, 5) is 0. The Labute approximate surface area is 152 Å². The Hall–Kier alpha value is -0.810. The maximum absolute atomic E-state index is 10.2. The highest BCUT2D eigenvalue weighted by atomic mass is 16.3. The zero-order valence-corrected chi connectivity index (χ0v) is 15.7. The van der Waals surface area contributed by atoms with Gasteiger partial charge in [0.1, 0.15) is 0 Å². The Morgan fingerprint density at radius 3 is 2.76 bits per heavy atom. The van der Waals surface area contributed by atoms with Gasteiger partial charge >= 0.3 is 0 Å². The van der Waals surface area contributed by atoms with Gasteiger partial charge in [-0.05, 0) is 111 Å². The SMILES string of the molecule is C[C@]12CC[C@@H](O)C[C@@H]1CCC1C3CC[C@@H]4/C(=C\C#N)CC[C@]34CCC12. The Bertz CT molecular complexity index is 632. The summed E-state index contributed by atoms with van der Waals surface area (Å²) < 4.78 is 0. The molecule has 0 heterocycles. The Kier molecular flexibility index (Phi) is 3.66. The van der Waals surface area contributed by atoms with Gasteiger partial charge in [0.25, 0.3) is 0 Å². The highest BCUT2D eigenvalue weighted by Gasteiger charge is 2.63. The molecule has 5 aliphatic carbocycles. The van der Waals surface area contributed by atoms with E-state index in [-0.39, 0.29) is 6.10 Å². The molecule has 5 aliphatic rings. The topological polar surface area (TPSA) is 44.0 Å². The van der Waals surface area contributed by atoms with Crippen molar-refractivity contribution in [1.82, 2.24) is 0 Å². The van der Waals surface area contributed by atoms with Gasteiger partial charge in [-0.2, -0.15) is 5.26 Å². The minimum atomic E-state index is -0.0334. The number of rotatable bonds is 0. The summed E-state index contributed by atoms with van der Waals surface area (Å²) in [6.45, 7) is 2.58. The van der Waals surface area contributed by atoms with E-state index >= 15 is 0 Å². The van der Waals surface area contributed by atoms with E-state index in [1.807, 2.05) is 6.08 Å². The summed E-state index contributed by atoms with van der Waals surface area (Å²) in [5, 5.41) is 19.3. The predicted molar refractivity (Wildman–Crippen MR) is 98.5 cm³/mol. The summed E-state index contributed by atoms with van der Waals surface area (Å²) in [6.07, 6.45) is 16.1. The second-order valence-electron chi connectivity index (χ2n) is 10.3. The molecule has 8 atom stereocenters. The Morgan fingerprint density at radius 1 is 1.04 bits per heavy atom. The lowest BCUT2D eigenvalue weighted by Gasteiger charge is -2.61. The van der Waals surface area contributed by atoms with Gasteiger partial charge in [0, 0.05) is 6.08 Å². The van der Waals surface area contributed by atoms with Gasteiger partial charge in [-0.3, -0.25) is 0 Å². The number of hydrogen-bond acceptors (Lipinski definition) is 2. The highest BCUT2D eigenvalue weighted by molar-refractivity contribution is 5.28. The Morgan fingerprint density at radius 2 is 1.92 bits per heavy atom. The number of nitrogens with zero attached hydrogens (tertiary/aromatic N) is 1. The van der Waals surface area contributed by atoms with E-state index in [4.69, 9.17) is 5.26 Å². The maximum atomic E-state index is 10.2. The van der Waals surface area contributed by atoms with Gasteiger partial charge in [0.15, 0.2) is 0 Å². The van der Waals surface area contributed by atoms with Crippen molar-refractivity contribution in [2.45, 2.75) is 83.7 Å². The Balaban J connectivity index is 1.45. The van der Waals surface area contributed by atoms with Crippen LogP contribution in [0.5, 0.6) is 0 Å². The lowest BCUT2D eigenvalue weighted by atomic mass is 9.44. The van der Waals surface area contributed by atoms with Crippen LogP contribution in [0.1, 0.15) is 77.6 Å². The average Bonchev–Trinajstić information content (AvgIpc) is 3.13. The van der Waals surface area contributed by atoms with Gasteiger partial charge < -0.3 is 5.11 Å². The molecule has 136 valence electrons. The second kappa shape index (κ2) is 5.59. The first-order valence-electron chi connectivity index (χ1n) is 10.8. The van der Waals surface area contributed by atoms with E-state index < -0.39 is 0 Å². The van der Waals surface area contributed by atoms with Crippen molar-refractivity contribution >= 4 is 0 Å². The molecule has 2 nitrogen and oxygen atoms in total. The van der Waals surface area contributed by atoms with Crippen molar-refractivity contribution < 1.29 is 5.11 Å². The second-order valence-corrected chi connectivity index (χ2v) is 10.3. The van der Waals surface area contributed by atoms with Crippen molar-refractivity contribution in [2.75, 3.05) is 0 Å². The molecule has 0 radical (unpaired) electrons. The summed E-state index contributed by atoms with van der Waals surface area (Å²) in [6, 6.07) is 2.33. The summed E-state index contributed by atoms with van der Waals surface area (Å²) in [7, 11) is 0. The largest absolute Gasteiger partial charge is 0.393 e. The van der Waals surface area contributed by atoms with Crippen LogP contribution in [0.15, 0.2) is 11.6 Å². The van der Waals surface area contributed by atoms with Gasteiger partial charge in [-0.15, -0.1) is 0 Å². The summed E-state index contributed by atoms with van der Waals surface area (Å²) >= 11 is 0. The van der Waals surface area contributed by atoms with Gasteiger partial charge in [0.2, 0.25) is 0 Å². The van der Waals surface area contributed by atoms with E-state index in [0.717, 1.165) is 42.4 Å². The van der Waals surface area contributed by atoms with Crippen LogP contribution in [-0.2, 0) is 0 Å². The molecule has 0 aromatic heterocycles. The molecule has 5 fully saturated rings. The molecular weight excluding hydrogens is 306 g/mol. The maximum Gasteiger partial charge on any atom is 0.0911 e. The first-order chi connectivity index (χ1) is 12.1. The number of aliphatic hydroxyl groups excluding tert-OH is 1.